The molecule has 0 aromatic rings. The lowest BCUT2D eigenvalue weighted by atomic mass is 10.1. The van der Waals surface area contributed by atoms with Gasteiger partial charge in [0.1, 0.15) is 0 Å². The molecule has 0 aromatic carbocycles. The third-order valence-electron chi connectivity index (χ3n) is 2.23. The largest absolute Gasteiger partial charge is 0.359 e. The van der Waals surface area contributed by atoms with Crippen LogP contribution in [0, 0.1) is 5.92 Å². The summed E-state index contributed by atoms with van der Waals surface area (Å²) in [6, 6.07) is 0. The molecule has 0 heterocycles. The van der Waals surface area contributed by atoms with Crippen LogP contribution in [-0.2, 0) is 19.2 Å². The minimum Gasteiger partial charge on any atom is -0.359 e. The second kappa shape index (κ2) is 10.0. The van der Waals surface area contributed by atoms with E-state index in [2.05, 4.69) is 5.32 Å². The molecule has 0 fully saturated rings. The number of carbonyl (C=O) groups is 2. The number of hydrogen-bond donors (Lipinski definition) is 1. The number of ether oxygens (including phenoxy) is 1. The van der Waals surface area contributed by atoms with Crippen LogP contribution < -0.4 is 5.32 Å². The maximum absolute atomic E-state index is 12.0. The van der Waals surface area contributed by atoms with E-state index in [0.29, 0.717) is 25.9 Å². The minimum atomic E-state index is -0.189. The lowest BCUT2D eigenvalue weighted by molar-refractivity contribution is -0.222. The van der Waals surface area contributed by atoms with E-state index in [1.54, 1.807) is 0 Å². The molecule has 1 atom stereocenters. The Morgan fingerprint density at radius 2 is 2.24 bits per heavy atom. The predicted molar refractivity (Wildman–Crippen MR) is 62.8 cm³/mol. The van der Waals surface area contributed by atoms with Crippen LogP contribution in [0.25, 0.3) is 0 Å². The number of hydrogen-bond acceptors (Lipinski definition) is 4. The van der Waals surface area contributed by atoms with Crippen molar-refractivity contribution in [3.8, 4) is 0 Å². The summed E-state index contributed by atoms with van der Waals surface area (Å²) in [5.41, 5.74) is 0. The predicted octanol–water partition coefficient (Wildman–Crippen LogP) is 0.533. The highest BCUT2D eigenvalue weighted by atomic mass is 16.8. The minimum absolute atomic E-state index is 0.0606. The topological polar surface area (TPSA) is 67.9 Å². The summed E-state index contributed by atoms with van der Waals surface area (Å²) < 4.78 is 4.77. The van der Waals surface area contributed by atoms with Gasteiger partial charge in [-0.3, -0.25) is 9.59 Å². The highest BCUT2D eigenvalue weighted by Crippen LogP contribution is 2.08. The molecule has 2 amide bonds. The molecule has 0 bridgehead atoms. The van der Waals surface area contributed by atoms with Crippen molar-refractivity contribution in [3.05, 3.63) is 0 Å². The third-order valence-corrected chi connectivity index (χ3v) is 2.23. The summed E-state index contributed by atoms with van der Waals surface area (Å²) >= 11 is 0. The first kappa shape index (κ1) is 15.9. The number of amides is 2. The number of nitrogens with zero attached hydrogens (tertiary/aromatic N) is 1. The quantitative estimate of drug-likeness (QED) is 0.264. The average Bonchev–Trinajstić information content (AvgIpc) is 2.33. The average molecular weight is 246 g/mol. The first-order chi connectivity index (χ1) is 8.17. The van der Waals surface area contributed by atoms with Crippen molar-refractivity contribution in [2.45, 2.75) is 26.7 Å². The highest BCUT2D eigenvalue weighted by Gasteiger charge is 2.20. The van der Waals surface area contributed by atoms with E-state index in [1.165, 1.54) is 12.2 Å². The van der Waals surface area contributed by atoms with Crippen LogP contribution in [-0.4, -0.2) is 44.4 Å². The number of nitrogens with one attached hydrogen (secondary N) is 1. The maximum Gasteiger partial charge on any atom is 0.249 e. The molecular formula is C11H22N2O4. The van der Waals surface area contributed by atoms with Crippen LogP contribution >= 0.6 is 0 Å². The van der Waals surface area contributed by atoms with E-state index in [0.717, 1.165) is 6.42 Å². The van der Waals surface area contributed by atoms with Gasteiger partial charge in [0, 0.05) is 26.1 Å². The maximum atomic E-state index is 12.0. The molecule has 6 nitrogen and oxygen atoms in total. The van der Waals surface area contributed by atoms with E-state index in [9.17, 15) is 9.59 Å². The van der Waals surface area contributed by atoms with Crippen molar-refractivity contribution in [3.63, 3.8) is 0 Å². The molecule has 1 N–H and O–H groups in total. The van der Waals surface area contributed by atoms with E-state index >= 15 is 0 Å². The molecule has 1 unspecified atom stereocenters. The van der Waals surface area contributed by atoms with E-state index in [4.69, 9.17) is 9.57 Å². The summed E-state index contributed by atoms with van der Waals surface area (Å²) in [5.74, 6) is -0.276. The van der Waals surface area contributed by atoms with Gasteiger partial charge in [0.25, 0.3) is 0 Å². The van der Waals surface area contributed by atoms with Gasteiger partial charge in [-0.25, -0.2) is 9.90 Å². The monoisotopic (exact) mass is 246 g/mol. The van der Waals surface area contributed by atoms with Crippen LogP contribution in [0.15, 0.2) is 0 Å². The molecule has 100 valence electrons. The molecule has 0 aliphatic heterocycles. The molecule has 0 saturated heterocycles. The molecule has 0 rings (SSSR count). The summed E-state index contributed by atoms with van der Waals surface area (Å²) in [6.45, 7) is 4.86. The Morgan fingerprint density at radius 1 is 1.53 bits per heavy atom. The fourth-order valence-corrected chi connectivity index (χ4v) is 1.29. The molecule has 0 spiro atoms. The first-order valence-corrected chi connectivity index (χ1v) is 5.77. The van der Waals surface area contributed by atoms with E-state index < -0.39 is 0 Å². The zero-order chi connectivity index (χ0) is 13.1. The number of carbonyl (C=O) groups excluding carboxylic acids is 2. The Kier molecular flexibility index (Phi) is 9.37. The van der Waals surface area contributed by atoms with Crippen molar-refractivity contribution in [2.75, 3.05) is 27.0 Å². The molecular weight excluding hydrogens is 224 g/mol. The molecule has 0 aliphatic rings. The molecule has 17 heavy (non-hydrogen) atoms. The van der Waals surface area contributed by atoms with Crippen LogP contribution in [0.3, 0.4) is 0 Å². The Labute approximate surface area is 102 Å². The number of rotatable bonds is 10. The van der Waals surface area contributed by atoms with Gasteiger partial charge in [0.2, 0.25) is 12.3 Å². The van der Waals surface area contributed by atoms with Crippen LogP contribution in [0.5, 0.6) is 0 Å². The SMILES string of the molecule is CCCN(OCOC)C(=O)C(C)CCNC=O. The molecule has 0 aliphatic carbocycles. The van der Waals surface area contributed by atoms with Crippen molar-refractivity contribution in [1.82, 2.24) is 10.4 Å². The lowest BCUT2D eigenvalue weighted by Gasteiger charge is -2.23. The lowest BCUT2D eigenvalue weighted by Crippen LogP contribution is -2.37. The van der Waals surface area contributed by atoms with Gasteiger partial charge in [-0.05, 0) is 12.8 Å². The van der Waals surface area contributed by atoms with Crippen molar-refractivity contribution in [2.24, 2.45) is 5.92 Å². The zero-order valence-corrected chi connectivity index (χ0v) is 10.8. The summed E-state index contributed by atoms with van der Waals surface area (Å²) in [4.78, 5) is 27.2. The second-order valence-corrected chi connectivity index (χ2v) is 3.74. The van der Waals surface area contributed by atoms with Crippen LogP contribution in [0.1, 0.15) is 26.7 Å². The van der Waals surface area contributed by atoms with Gasteiger partial charge in [-0.1, -0.05) is 13.8 Å². The van der Waals surface area contributed by atoms with Crippen LogP contribution in [0.4, 0.5) is 0 Å². The van der Waals surface area contributed by atoms with Gasteiger partial charge < -0.3 is 10.1 Å². The first-order valence-electron chi connectivity index (χ1n) is 5.77. The van der Waals surface area contributed by atoms with Gasteiger partial charge in [-0.15, -0.1) is 0 Å². The Bertz CT molecular complexity index is 224. The summed E-state index contributed by atoms with van der Waals surface area (Å²) in [7, 11) is 1.51. The van der Waals surface area contributed by atoms with Crippen molar-refractivity contribution >= 4 is 12.3 Å². The Balaban J connectivity index is 4.12. The van der Waals surface area contributed by atoms with Crippen molar-refractivity contribution < 1.29 is 19.2 Å². The van der Waals surface area contributed by atoms with E-state index in [1.807, 2.05) is 13.8 Å². The smallest absolute Gasteiger partial charge is 0.249 e. The third kappa shape index (κ3) is 6.91. The van der Waals surface area contributed by atoms with Gasteiger partial charge in [0.15, 0.2) is 6.79 Å². The Hall–Kier alpha value is -1.14. The van der Waals surface area contributed by atoms with Gasteiger partial charge in [0.05, 0.1) is 0 Å². The molecule has 6 heteroatoms. The van der Waals surface area contributed by atoms with Crippen molar-refractivity contribution in [1.29, 1.82) is 0 Å². The summed E-state index contributed by atoms with van der Waals surface area (Å²) in [6.07, 6.45) is 2.03. The normalized spacial score (nSPS) is 11.9. The Morgan fingerprint density at radius 3 is 2.76 bits per heavy atom. The summed E-state index contributed by atoms with van der Waals surface area (Å²) in [5, 5.41) is 3.86. The zero-order valence-electron chi connectivity index (χ0n) is 10.8. The highest BCUT2D eigenvalue weighted by molar-refractivity contribution is 5.77. The number of methoxy groups -OCH3 is 1. The number of hydroxylamine groups is 2. The van der Waals surface area contributed by atoms with Gasteiger partial charge >= 0.3 is 0 Å². The molecule has 0 aromatic heterocycles. The molecule has 0 radical (unpaired) electrons. The van der Waals surface area contributed by atoms with E-state index in [-0.39, 0.29) is 18.6 Å². The van der Waals surface area contributed by atoms with Gasteiger partial charge in [-0.2, -0.15) is 0 Å². The molecule has 0 saturated carbocycles. The standard InChI is InChI=1S/C11H22N2O4/c1-4-7-13(17-9-16-3)11(15)10(2)5-6-12-8-14/h8,10H,4-7,9H2,1-3H3,(H,12,14). The fourth-order valence-electron chi connectivity index (χ4n) is 1.29. The fraction of sp³-hybridized carbons (Fsp3) is 0.818. The second-order valence-electron chi connectivity index (χ2n) is 3.74. The van der Waals surface area contributed by atoms with Crippen LogP contribution in [0.2, 0.25) is 0 Å².